The molecule has 1 aromatic heterocycles. The van der Waals surface area contributed by atoms with Crippen LogP contribution in [0, 0.1) is 11.2 Å². The zero-order valence-electron chi connectivity index (χ0n) is 21.0. The predicted octanol–water partition coefficient (Wildman–Crippen LogP) is 7.05. The maximum Gasteiger partial charge on any atom is 0.416 e. The van der Waals surface area contributed by atoms with Crippen molar-refractivity contribution in [2.75, 3.05) is 5.32 Å². The second-order valence-electron chi connectivity index (χ2n) is 9.95. The van der Waals surface area contributed by atoms with E-state index < -0.39 is 11.7 Å². The van der Waals surface area contributed by atoms with E-state index in [-0.39, 0.29) is 35.6 Å². The van der Waals surface area contributed by atoms with Gasteiger partial charge in [0.15, 0.2) is 5.82 Å². The first-order valence-corrected chi connectivity index (χ1v) is 11.8. The van der Waals surface area contributed by atoms with Gasteiger partial charge in [0, 0.05) is 17.7 Å². The minimum Gasteiger partial charge on any atom is -0.457 e. The van der Waals surface area contributed by atoms with Crippen LogP contribution in [0.5, 0.6) is 6.01 Å². The number of carbonyl (C=O) groups is 1. The minimum absolute atomic E-state index is 0.00761. The largest absolute Gasteiger partial charge is 0.457 e. The summed E-state index contributed by atoms with van der Waals surface area (Å²) < 4.78 is 59.5. The number of aromatic nitrogens is 3. The molecule has 6 nitrogen and oxygen atoms in total. The summed E-state index contributed by atoms with van der Waals surface area (Å²) in [5.74, 6) is -0.232. The molecule has 1 N–H and O–H groups in total. The van der Waals surface area contributed by atoms with Gasteiger partial charge in [-0.3, -0.25) is 4.79 Å². The van der Waals surface area contributed by atoms with Crippen molar-refractivity contribution in [1.29, 1.82) is 0 Å². The van der Waals surface area contributed by atoms with Crippen LogP contribution in [0.15, 0.2) is 72.8 Å². The highest BCUT2D eigenvalue weighted by Crippen LogP contribution is 2.32. The maximum absolute atomic E-state index is 13.2. The highest BCUT2D eigenvalue weighted by Gasteiger charge is 2.30. The summed E-state index contributed by atoms with van der Waals surface area (Å²) in [6.07, 6.45) is -4.12. The average Bonchev–Trinajstić information content (AvgIpc) is 3.27. The van der Waals surface area contributed by atoms with Gasteiger partial charge in [0.2, 0.25) is 5.91 Å². The molecule has 4 aromatic rings. The number of alkyl halides is 3. The summed E-state index contributed by atoms with van der Waals surface area (Å²) in [6, 6.07) is 17.1. The quantitative estimate of drug-likeness (QED) is 0.262. The molecule has 1 heterocycles. The molecule has 1 amide bonds. The highest BCUT2D eigenvalue weighted by atomic mass is 19.4. The number of ether oxygens (including phenoxy) is 1. The van der Waals surface area contributed by atoms with Gasteiger partial charge < -0.3 is 10.1 Å². The van der Waals surface area contributed by atoms with Crippen LogP contribution in [0.3, 0.4) is 0 Å². The van der Waals surface area contributed by atoms with Crippen LogP contribution in [0.1, 0.15) is 38.3 Å². The third-order valence-electron chi connectivity index (χ3n) is 5.43. The van der Waals surface area contributed by atoms with Gasteiger partial charge in [0.25, 0.3) is 0 Å². The fourth-order valence-electron chi connectivity index (χ4n) is 3.63. The molecule has 38 heavy (non-hydrogen) atoms. The Labute approximate surface area is 217 Å². The molecular weight excluding hydrogens is 500 g/mol. The zero-order chi connectivity index (χ0) is 27.5. The van der Waals surface area contributed by atoms with Gasteiger partial charge in [-0.15, -0.1) is 5.10 Å². The summed E-state index contributed by atoms with van der Waals surface area (Å²) in [5, 5.41) is 7.25. The lowest BCUT2D eigenvalue weighted by Gasteiger charge is -2.17. The molecule has 0 radical (unpaired) electrons. The average molecular weight is 527 g/mol. The van der Waals surface area contributed by atoms with E-state index in [9.17, 15) is 22.4 Å². The van der Waals surface area contributed by atoms with Crippen LogP contribution in [-0.2, 0) is 17.6 Å². The molecule has 0 saturated carbocycles. The number of amides is 1. The zero-order valence-corrected chi connectivity index (χ0v) is 21.0. The molecule has 3 aromatic carbocycles. The Balaban J connectivity index is 1.62. The monoisotopic (exact) mass is 526 g/mol. The lowest BCUT2D eigenvalue weighted by molar-refractivity contribution is -0.137. The van der Waals surface area contributed by atoms with Gasteiger partial charge in [-0.05, 0) is 59.5 Å². The van der Waals surface area contributed by atoms with Crippen molar-refractivity contribution < 1.29 is 27.1 Å². The predicted molar refractivity (Wildman–Crippen MR) is 135 cm³/mol. The Morgan fingerprint density at radius 2 is 1.55 bits per heavy atom. The van der Waals surface area contributed by atoms with Crippen LogP contribution in [0.2, 0.25) is 0 Å². The molecule has 0 aliphatic carbocycles. The van der Waals surface area contributed by atoms with Crippen molar-refractivity contribution in [1.82, 2.24) is 14.8 Å². The minimum atomic E-state index is -4.47. The van der Waals surface area contributed by atoms with Crippen molar-refractivity contribution in [3.63, 3.8) is 0 Å². The number of halogens is 4. The Hall–Kier alpha value is -4.21. The van der Waals surface area contributed by atoms with Crippen LogP contribution >= 0.6 is 0 Å². The molecule has 0 spiro atoms. The Bertz CT molecular complexity index is 1390. The summed E-state index contributed by atoms with van der Waals surface area (Å²) >= 11 is 0. The van der Waals surface area contributed by atoms with Gasteiger partial charge in [-0.1, -0.05) is 45.0 Å². The molecule has 0 aliphatic heterocycles. The van der Waals surface area contributed by atoms with E-state index in [1.165, 1.54) is 28.9 Å². The van der Waals surface area contributed by atoms with E-state index in [0.29, 0.717) is 28.9 Å². The maximum atomic E-state index is 13.2. The smallest absolute Gasteiger partial charge is 0.416 e. The number of hydrogen-bond donors (Lipinski definition) is 1. The fourth-order valence-corrected chi connectivity index (χ4v) is 3.63. The van der Waals surface area contributed by atoms with Gasteiger partial charge >= 0.3 is 12.2 Å². The first kappa shape index (κ1) is 26.8. The molecule has 0 saturated heterocycles. The number of rotatable bonds is 7. The van der Waals surface area contributed by atoms with E-state index >= 15 is 0 Å². The SMILES string of the molecule is CC(C)(C)CC(=O)Nc1ccc(-n2nc(OCc3ccc(F)cc3)nc2-c2ccc(C(F)(F)F)cc2)cc1. The Kier molecular flexibility index (Phi) is 7.52. The molecular formula is C28H26F4N4O2. The number of anilines is 1. The van der Waals surface area contributed by atoms with E-state index in [0.717, 1.165) is 12.1 Å². The third-order valence-corrected chi connectivity index (χ3v) is 5.43. The fraction of sp³-hybridized carbons (Fsp3) is 0.250. The molecule has 0 atom stereocenters. The van der Waals surface area contributed by atoms with E-state index in [2.05, 4.69) is 15.4 Å². The summed E-state index contributed by atoms with van der Waals surface area (Å²) in [4.78, 5) is 16.7. The van der Waals surface area contributed by atoms with Crippen molar-refractivity contribution >= 4 is 11.6 Å². The number of benzene rings is 3. The van der Waals surface area contributed by atoms with Crippen LogP contribution in [0.4, 0.5) is 23.2 Å². The van der Waals surface area contributed by atoms with Crippen LogP contribution in [-0.4, -0.2) is 20.7 Å². The van der Waals surface area contributed by atoms with E-state index in [1.54, 1.807) is 36.4 Å². The van der Waals surface area contributed by atoms with Gasteiger partial charge in [-0.25, -0.2) is 9.07 Å². The van der Waals surface area contributed by atoms with Crippen LogP contribution in [0.25, 0.3) is 17.1 Å². The normalized spacial score (nSPS) is 11.9. The van der Waals surface area contributed by atoms with Gasteiger partial charge in [-0.2, -0.15) is 18.2 Å². The first-order chi connectivity index (χ1) is 17.9. The van der Waals surface area contributed by atoms with E-state index in [4.69, 9.17) is 4.74 Å². The third kappa shape index (κ3) is 6.96. The standard InChI is InChI=1S/C28H26F4N4O2/c1-27(2,3)16-24(37)33-22-12-14-23(15-13-22)36-25(19-6-8-20(9-7-19)28(30,31)32)34-26(35-36)38-17-18-4-10-21(29)11-5-18/h4-15H,16-17H2,1-3H3,(H,33,37). The van der Waals surface area contributed by atoms with Crippen molar-refractivity contribution in [2.24, 2.45) is 5.41 Å². The number of nitrogens with zero attached hydrogens (tertiary/aromatic N) is 3. The molecule has 4 rings (SSSR count). The summed E-state index contributed by atoms with van der Waals surface area (Å²) in [6.45, 7) is 5.98. The molecule has 0 fully saturated rings. The number of nitrogens with one attached hydrogen (secondary N) is 1. The molecule has 0 aliphatic rings. The second-order valence-corrected chi connectivity index (χ2v) is 9.95. The molecule has 198 valence electrons. The number of hydrogen-bond acceptors (Lipinski definition) is 4. The Morgan fingerprint density at radius 1 is 0.921 bits per heavy atom. The topological polar surface area (TPSA) is 69.0 Å². The lowest BCUT2D eigenvalue weighted by Crippen LogP contribution is -2.19. The van der Waals surface area contributed by atoms with Crippen LogP contribution < -0.4 is 10.1 Å². The summed E-state index contributed by atoms with van der Waals surface area (Å²) in [7, 11) is 0. The lowest BCUT2D eigenvalue weighted by atomic mass is 9.92. The first-order valence-electron chi connectivity index (χ1n) is 11.8. The number of carbonyl (C=O) groups excluding carboxylic acids is 1. The Morgan fingerprint density at radius 3 is 2.13 bits per heavy atom. The van der Waals surface area contributed by atoms with E-state index in [1.807, 2.05) is 20.8 Å². The second kappa shape index (κ2) is 10.6. The molecule has 0 bridgehead atoms. The van der Waals surface area contributed by atoms with Crippen molar-refractivity contribution in [2.45, 2.75) is 40.0 Å². The summed E-state index contributed by atoms with van der Waals surface area (Å²) in [5.41, 5.74) is 1.28. The van der Waals surface area contributed by atoms with Crippen molar-refractivity contribution in [3.05, 3.63) is 89.7 Å². The highest BCUT2D eigenvalue weighted by molar-refractivity contribution is 5.91. The molecule has 10 heteroatoms. The van der Waals surface area contributed by atoms with Gasteiger partial charge in [0.05, 0.1) is 11.3 Å². The molecule has 0 unspecified atom stereocenters. The van der Waals surface area contributed by atoms with Gasteiger partial charge in [0.1, 0.15) is 12.4 Å². The van der Waals surface area contributed by atoms with Crippen molar-refractivity contribution in [3.8, 4) is 23.1 Å².